The number of hydrogen-bond donors (Lipinski definition) is 2. The lowest BCUT2D eigenvalue weighted by Gasteiger charge is -2.38. The van der Waals surface area contributed by atoms with Crippen molar-refractivity contribution < 1.29 is 13.9 Å². The fourth-order valence-electron chi connectivity index (χ4n) is 4.04. The maximum absolute atomic E-state index is 14.3. The van der Waals surface area contributed by atoms with E-state index in [0.717, 1.165) is 0 Å². The van der Waals surface area contributed by atoms with Crippen LogP contribution in [0.25, 0.3) is 5.76 Å². The molecule has 2 aromatic carbocycles. The van der Waals surface area contributed by atoms with Crippen LogP contribution < -0.4 is 11.1 Å². The van der Waals surface area contributed by atoms with Gasteiger partial charge in [0.05, 0.1) is 4.90 Å². The van der Waals surface area contributed by atoms with Crippen molar-refractivity contribution in [3.8, 4) is 6.07 Å². The second-order valence-corrected chi connectivity index (χ2v) is 7.40. The number of hydrogen-bond acceptors (Lipinski definition) is 5. The van der Waals surface area contributed by atoms with Gasteiger partial charge in [0.2, 0.25) is 11.8 Å². The number of carbonyl (C=O) groups is 1. The minimum absolute atomic E-state index is 0.0594. The molecule has 1 spiro atoms. The van der Waals surface area contributed by atoms with Gasteiger partial charge >= 0.3 is 0 Å². The van der Waals surface area contributed by atoms with Gasteiger partial charge in [0.15, 0.2) is 0 Å². The molecule has 0 fully saturated rings. The molecule has 132 valence electrons. The normalized spacial score (nSPS) is 22.6. The van der Waals surface area contributed by atoms with E-state index in [2.05, 4.69) is 11.4 Å². The zero-order valence-corrected chi connectivity index (χ0v) is 14.7. The first-order valence-electron chi connectivity index (χ1n) is 8.23. The Kier molecular flexibility index (Phi) is 3.18. The molecule has 3 N–H and O–H groups in total. The van der Waals surface area contributed by atoms with Crippen molar-refractivity contribution >= 4 is 29.1 Å². The Morgan fingerprint density at radius 3 is 2.89 bits per heavy atom. The SMILES string of the molecule is N#CC1=C(N)OC2=C(CSc3c(F)cccc32)C12C(=O)Nc1ccccc12. The van der Waals surface area contributed by atoms with E-state index in [9.17, 15) is 14.4 Å². The first kappa shape index (κ1) is 16.0. The predicted octanol–water partition coefficient (Wildman–Crippen LogP) is 3.26. The second-order valence-electron chi connectivity index (χ2n) is 6.42. The summed E-state index contributed by atoms with van der Waals surface area (Å²) in [5, 5.41) is 12.7. The van der Waals surface area contributed by atoms with E-state index in [1.165, 1.54) is 17.8 Å². The number of amides is 1. The summed E-state index contributed by atoms with van der Waals surface area (Å²) in [5.41, 5.74) is 7.22. The van der Waals surface area contributed by atoms with Gasteiger partial charge in [-0.15, -0.1) is 11.8 Å². The summed E-state index contributed by atoms with van der Waals surface area (Å²) < 4.78 is 20.1. The summed E-state index contributed by atoms with van der Waals surface area (Å²) in [7, 11) is 0. The molecule has 5 rings (SSSR count). The lowest BCUT2D eigenvalue weighted by Crippen LogP contribution is -2.44. The molecule has 27 heavy (non-hydrogen) atoms. The number of anilines is 1. The summed E-state index contributed by atoms with van der Waals surface area (Å²) in [6.07, 6.45) is 0. The Morgan fingerprint density at radius 1 is 1.26 bits per heavy atom. The largest absolute Gasteiger partial charge is 0.440 e. The number of carbonyl (C=O) groups excluding carboxylic acids is 1. The van der Waals surface area contributed by atoms with Crippen LogP contribution in [0, 0.1) is 17.1 Å². The molecule has 0 aromatic heterocycles. The molecule has 1 atom stereocenters. The standard InChI is InChI=1S/C20H12FN3O2S/c21-14-6-3-4-10-16-13(9-27-17(10)14)20(12(8-22)18(23)26-16)11-5-1-2-7-15(11)24-19(20)25/h1-7H,9,23H2,(H,24,25). The van der Waals surface area contributed by atoms with Crippen LogP contribution in [0.5, 0.6) is 0 Å². The van der Waals surface area contributed by atoms with Crippen LogP contribution in [0.3, 0.4) is 0 Å². The summed E-state index contributed by atoms with van der Waals surface area (Å²) >= 11 is 1.29. The van der Waals surface area contributed by atoms with Crippen molar-refractivity contribution in [1.82, 2.24) is 0 Å². The molecule has 0 radical (unpaired) electrons. The number of thioether (sulfide) groups is 1. The fourth-order valence-corrected chi connectivity index (χ4v) is 5.20. The topological polar surface area (TPSA) is 88.1 Å². The van der Waals surface area contributed by atoms with Gasteiger partial charge in [-0.25, -0.2) is 4.39 Å². The van der Waals surface area contributed by atoms with E-state index in [-0.39, 0.29) is 23.2 Å². The van der Waals surface area contributed by atoms with Crippen LogP contribution in [0.15, 0.2) is 64.4 Å². The van der Waals surface area contributed by atoms with E-state index in [4.69, 9.17) is 10.5 Å². The highest BCUT2D eigenvalue weighted by atomic mass is 32.2. The van der Waals surface area contributed by atoms with Gasteiger partial charge in [0.25, 0.3) is 0 Å². The zero-order valence-electron chi connectivity index (χ0n) is 13.9. The first-order valence-corrected chi connectivity index (χ1v) is 9.22. The quantitative estimate of drug-likeness (QED) is 0.736. The van der Waals surface area contributed by atoms with Gasteiger partial charge < -0.3 is 15.8 Å². The number of benzene rings is 2. The van der Waals surface area contributed by atoms with Crippen LogP contribution in [0.2, 0.25) is 0 Å². The Balaban J connectivity index is 1.88. The van der Waals surface area contributed by atoms with E-state index in [0.29, 0.717) is 38.8 Å². The van der Waals surface area contributed by atoms with Crippen molar-refractivity contribution in [2.75, 3.05) is 11.1 Å². The molecule has 0 aliphatic carbocycles. The van der Waals surface area contributed by atoms with Crippen LogP contribution in [0.1, 0.15) is 11.1 Å². The number of halogens is 1. The fraction of sp³-hybridized carbons (Fsp3) is 0.100. The second kappa shape index (κ2) is 5.38. The maximum atomic E-state index is 14.3. The Morgan fingerprint density at radius 2 is 2.07 bits per heavy atom. The maximum Gasteiger partial charge on any atom is 0.244 e. The molecule has 0 bridgehead atoms. The molecule has 1 unspecified atom stereocenters. The van der Waals surface area contributed by atoms with Gasteiger partial charge in [-0.3, -0.25) is 4.79 Å². The Hall–Kier alpha value is -3.24. The summed E-state index contributed by atoms with van der Waals surface area (Å²) in [6.45, 7) is 0. The smallest absolute Gasteiger partial charge is 0.244 e. The number of nitrogens with two attached hydrogens (primary N) is 1. The van der Waals surface area contributed by atoms with Crippen molar-refractivity contribution in [2.24, 2.45) is 5.73 Å². The van der Waals surface area contributed by atoms with Gasteiger partial charge in [-0.2, -0.15) is 5.26 Å². The number of nitrogens with one attached hydrogen (secondary N) is 1. The minimum atomic E-state index is -1.36. The molecule has 0 saturated heterocycles. The minimum Gasteiger partial charge on any atom is -0.440 e. The third kappa shape index (κ3) is 1.85. The predicted molar refractivity (Wildman–Crippen MR) is 98.7 cm³/mol. The molecule has 3 heterocycles. The summed E-state index contributed by atoms with van der Waals surface area (Å²) in [5.74, 6) is -0.174. The molecule has 3 aliphatic rings. The number of nitriles is 1. The van der Waals surface area contributed by atoms with Crippen LogP contribution in [0.4, 0.5) is 10.1 Å². The lowest BCUT2D eigenvalue weighted by molar-refractivity contribution is -0.118. The Bertz CT molecular complexity index is 1150. The van der Waals surface area contributed by atoms with Crippen molar-refractivity contribution in [3.05, 3.63) is 76.4 Å². The summed E-state index contributed by atoms with van der Waals surface area (Å²) in [4.78, 5) is 13.7. The van der Waals surface area contributed by atoms with E-state index in [1.54, 1.807) is 24.3 Å². The molecular weight excluding hydrogens is 365 g/mol. The van der Waals surface area contributed by atoms with Gasteiger partial charge in [0, 0.05) is 28.1 Å². The lowest BCUT2D eigenvalue weighted by atomic mass is 9.68. The Labute approximate surface area is 158 Å². The summed E-state index contributed by atoms with van der Waals surface area (Å²) in [6, 6.07) is 14.0. The van der Waals surface area contributed by atoms with Crippen molar-refractivity contribution in [3.63, 3.8) is 0 Å². The average Bonchev–Trinajstić information content (AvgIpc) is 2.95. The third-order valence-corrected chi connectivity index (χ3v) is 6.30. The monoisotopic (exact) mass is 377 g/mol. The van der Waals surface area contributed by atoms with Gasteiger partial charge in [0.1, 0.15) is 28.6 Å². The van der Waals surface area contributed by atoms with Crippen LogP contribution in [-0.4, -0.2) is 11.7 Å². The highest BCUT2D eigenvalue weighted by Crippen LogP contribution is 2.56. The molecule has 5 nitrogen and oxygen atoms in total. The molecular formula is C20H12FN3O2S. The first-order chi connectivity index (χ1) is 13.1. The van der Waals surface area contributed by atoms with Gasteiger partial charge in [-0.1, -0.05) is 24.3 Å². The van der Waals surface area contributed by atoms with E-state index in [1.807, 2.05) is 12.1 Å². The molecule has 7 heteroatoms. The number of para-hydroxylation sites is 1. The number of fused-ring (bicyclic) bond motifs is 5. The highest BCUT2D eigenvalue weighted by molar-refractivity contribution is 7.99. The number of ether oxygens (including phenoxy) is 1. The highest BCUT2D eigenvalue weighted by Gasteiger charge is 2.58. The number of rotatable bonds is 0. The molecule has 0 saturated carbocycles. The van der Waals surface area contributed by atoms with Crippen LogP contribution in [-0.2, 0) is 14.9 Å². The van der Waals surface area contributed by atoms with Crippen molar-refractivity contribution in [2.45, 2.75) is 10.3 Å². The number of nitrogens with zero attached hydrogens (tertiary/aromatic N) is 1. The van der Waals surface area contributed by atoms with Crippen molar-refractivity contribution in [1.29, 1.82) is 5.26 Å². The molecule has 2 aromatic rings. The zero-order chi connectivity index (χ0) is 18.8. The van der Waals surface area contributed by atoms with Crippen LogP contribution >= 0.6 is 11.8 Å². The average molecular weight is 377 g/mol. The molecule has 1 amide bonds. The van der Waals surface area contributed by atoms with E-state index < -0.39 is 5.41 Å². The van der Waals surface area contributed by atoms with Gasteiger partial charge in [-0.05, 0) is 18.2 Å². The third-order valence-electron chi connectivity index (χ3n) is 5.16. The van der Waals surface area contributed by atoms with E-state index >= 15 is 0 Å². The molecule has 3 aliphatic heterocycles.